The average Bonchev–Trinajstić information content (AvgIpc) is 2.41. The Morgan fingerprint density at radius 3 is 2.43 bits per heavy atom. The molecule has 1 aliphatic carbocycles. The zero-order chi connectivity index (χ0) is 15.4. The van der Waals surface area contributed by atoms with Crippen LogP contribution in [0, 0.1) is 5.92 Å². The first-order valence-electron chi connectivity index (χ1n) is 7.72. The standard InChI is InChI=1S/C17H25ClN2O/c1-11(2)8-16(17(21)19-3)20-15-9-13(10-15)12-4-6-14(18)7-5-12/h4-7,11,13,15-16,20H,8-10H2,1-3H3,(H,19,21). The summed E-state index contributed by atoms with van der Waals surface area (Å²) in [7, 11) is 1.70. The van der Waals surface area contributed by atoms with E-state index in [4.69, 9.17) is 11.6 Å². The predicted octanol–water partition coefficient (Wildman–Crippen LogP) is 3.34. The second kappa shape index (κ2) is 7.28. The largest absolute Gasteiger partial charge is 0.358 e. The molecule has 0 bridgehead atoms. The van der Waals surface area contributed by atoms with Gasteiger partial charge in [0.2, 0.25) is 5.91 Å². The first-order chi connectivity index (χ1) is 9.99. The van der Waals surface area contributed by atoms with Gasteiger partial charge < -0.3 is 10.6 Å². The Morgan fingerprint density at radius 1 is 1.29 bits per heavy atom. The van der Waals surface area contributed by atoms with Crippen LogP contribution in [0.25, 0.3) is 0 Å². The number of amides is 1. The van der Waals surface area contributed by atoms with Crippen LogP contribution in [-0.4, -0.2) is 25.0 Å². The lowest BCUT2D eigenvalue weighted by atomic mass is 9.75. The van der Waals surface area contributed by atoms with Crippen LogP contribution in [0.2, 0.25) is 5.02 Å². The second-order valence-corrected chi connectivity index (χ2v) is 6.82. The summed E-state index contributed by atoms with van der Waals surface area (Å²) in [6.45, 7) is 4.30. The molecule has 1 atom stereocenters. The molecule has 0 aromatic heterocycles. The summed E-state index contributed by atoms with van der Waals surface area (Å²) in [4.78, 5) is 11.9. The third-order valence-electron chi connectivity index (χ3n) is 4.19. The molecule has 4 heteroatoms. The van der Waals surface area contributed by atoms with Crippen molar-refractivity contribution in [2.45, 2.75) is 51.1 Å². The number of nitrogens with one attached hydrogen (secondary N) is 2. The van der Waals surface area contributed by atoms with Gasteiger partial charge in [-0.2, -0.15) is 0 Å². The lowest BCUT2D eigenvalue weighted by Gasteiger charge is -2.38. The third kappa shape index (κ3) is 4.45. The van der Waals surface area contributed by atoms with Crippen LogP contribution in [0.5, 0.6) is 0 Å². The Labute approximate surface area is 132 Å². The van der Waals surface area contributed by atoms with Crippen LogP contribution in [0.15, 0.2) is 24.3 Å². The molecular weight excluding hydrogens is 284 g/mol. The molecule has 0 saturated heterocycles. The van der Waals surface area contributed by atoms with E-state index in [0.717, 1.165) is 24.3 Å². The molecule has 116 valence electrons. The van der Waals surface area contributed by atoms with Crippen molar-refractivity contribution in [2.75, 3.05) is 7.05 Å². The fraction of sp³-hybridized carbons (Fsp3) is 0.588. The van der Waals surface area contributed by atoms with Crippen molar-refractivity contribution in [1.82, 2.24) is 10.6 Å². The molecule has 1 aromatic carbocycles. The van der Waals surface area contributed by atoms with Crippen molar-refractivity contribution in [3.63, 3.8) is 0 Å². The van der Waals surface area contributed by atoms with Crippen LogP contribution in [0.1, 0.15) is 44.6 Å². The van der Waals surface area contributed by atoms with Crippen molar-refractivity contribution in [2.24, 2.45) is 5.92 Å². The number of rotatable bonds is 6. The zero-order valence-corrected chi connectivity index (χ0v) is 13.8. The molecule has 2 rings (SSSR count). The number of benzene rings is 1. The van der Waals surface area contributed by atoms with E-state index in [1.807, 2.05) is 12.1 Å². The van der Waals surface area contributed by atoms with Gasteiger partial charge in [0, 0.05) is 18.1 Å². The quantitative estimate of drug-likeness (QED) is 0.846. The van der Waals surface area contributed by atoms with Gasteiger partial charge >= 0.3 is 0 Å². The maximum Gasteiger partial charge on any atom is 0.236 e. The van der Waals surface area contributed by atoms with Gasteiger partial charge in [0.05, 0.1) is 6.04 Å². The SMILES string of the molecule is CNC(=O)C(CC(C)C)NC1CC(c2ccc(Cl)cc2)C1. The maximum atomic E-state index is 11.9. The molecular formula is C17H25ClN2O. The first-order valence-corrected chi connectivity index (χ1v) is 8.10. The highest BCUT2D eigenvalue weighted by atomic mass is 35.5. The average molecular weight is 309 g/mol. The van der Waals surface area contributed by atoms with Crippen molar-refractivity contribution in [1.29, 1.82) is 0 Å². The number of carbonyl (C=O) groups is 1. The molecule has 0 radical (unpaired) electrons. The van der Waals surface area contributed by atoms with Crippen LogP contribution in [0.4, 0.5) is 0 Å². The van der Waals surface area contributed by atoms with Gasteiger partial charge in [0.1, 0.15) is 0 Å². The zero-order valence-electron chi connectivity index (χ0n) is 13.0. The maximum absolute atomic E-state index is 11.9. The van der Waals surface area contributed by atoms with Crippen LogP contribution >= 0.6 is 11.6 Å². The van der Waals surface area contributed by atoms with E-state index in [1.54, 1.807) is 7.05 Å². The van der Waals surface area contributed by atoms with E-state index in [9.17, 15) is 4.79 Å². The lowest BCUT2D eigenvalue weighted by molar-refractivity contribution is -0.123. The number of likely N-dealkylation sites (N-methyl/N-ethyl adjacent to an activating group) is 1. The van der Waals surface area contributed by atoms with Gasteiger partial charge in [-0.15, -0.1) is 0 Å². The van der Waals surface area contributed by atoms with Crippen LogP contribution in [0.3, 0.4) is 0 Å². The van der Waals surface area contributed by atoms with Crippen molar-refractivity contribution in [3.8, 4) is 0 Å². The fourth-order valence-electron chi connectivity index (χ4n) is 2.94. The molecule has 21 heavy (non-hydrogen) atoms. The molecule has 0 heterocycles. The summed E-state index contributed by atoms with van der Waals surface area (Å²) in [5.41, 5.74) is 1.35. The highest BCUT2D eigenvalue weighted by Gasteiger charge is 2.33. The molecule has 1 aromatic rings. The minimum absolute atomic E-state index is 0.0776. The summed E-state index contributed by atoms with van der Waals surface area (Å²) < 4.78 is 0. The van der Waals surface area contributed by atoms with E-state index in [1.165, 1.54) is 5.56 Å². The molecule has 1 aliphatic rings. The number of hydrogen-bond acceptors (Lipinski definition) is 2. The minimum atomic E-state index is -0.0776. The molecule has 1 unspecified atom stereocenters. The van der Waals surface area contributed by atoms with E-state index in [0.29, 0.717) is 17.9 Å². The molecule has 1 amide bonds. The molecule has 3 nitrogen and oxygen atoms in total. The Kier molecular flexibility index (Phi) is 5.65. The smallest absolute Gasteiger partial charge is 0.236 e. The fourth-order valence-corrected chi connectivity index (χ4v) is 3.07. The van der Waals surface area contributed by atoms with Gasteiger partial charge in [-0.1, -0.05) is 37.6 Å². The first kappa shape index (κ1) is 16.3. The number of hydrogen-bond donors (Lipinski definition) is 2. The van der Waals surface area contributed by atoms with Crippen LogP contribution in [-0.2, 0) is 4.79 Å². The summed E-state index contributed by atoms with van der Waals surface area (Å²) >= 11 is 5.92. The number of halogens is 1. The molecule has 2 N–H and O–H groups in total. The Balaban J connectivity index is 1.85. The number of carbonyl (C=O) groups excluding carboxylic acids is 1. The highest BCUT2D eigenvalue weighted by molar-refractivity contribution is 6.30. The van der Waals surface area contributed by atoms with Crippen molar-refractivity contribution < 1.29 is 4.79 Å². The van der Waals surface area contributed by atoms with Gasteiger partial charge in [-0.3, -0.25) is 4.79 Å². The van der Waals surface area contributed by atoms with Gasteiger partial charge in [0.25, 0.3) is 0 Å². The van der Waals surface area contributed by atoms with E-state index in [2.05, 4.69) is 36.6 Å². The normalized spacial score (nSPS) is 22.7. The summed E-state index contributed by atoms with van der Waals surface area (Å²) in [6, 6.07) is 8.46. The van der Waals surface area contributed by atoms with Gasteiger partial charge in [-0.05, 0) is 48.8 Å². The molecule has 0 aliphatic heterocycles. The summed E-state index contributed by atoms with van der Waals surface area (Å²) in [6.07, 6.45) is 3.06. The van der Waals surface area contributed by atoms with Crippen molar-refractivity contribution in [3.05, 3.63) is 34.9 Å². The highest BCUT2D eigenvalue weighted by Crippen LogP contribution is 2.37. The Hall–Kier alpha value is -1.06. The topological polar surface area (TPSA) is 41.1 Å². The monoisotopic (exact) mass is 308 g/mol. The van der Waals surface area contributed by atoms with Crippen molar-refractivity contribution >= 4 is 17.5 Å². The summed E-state index contributed by atoms with van der Waals surface area (Å²) in [5.74, 6) is 1.19. The van der Waals surface area contributed by atoms with Gasteiger partial charge in [0.15, 0.2) is 0 Å². The van der Waals surface area contributed by atoms with E-state index >= 15 is 0 Å². The lowest BCUT2D eigenvalue weighted by Crippen LogP contribution is -2.51. The Morgan fingerprint density at radius 2 is 1.90 bits per heavy atom. The predicted molar refractivity (Wildman–Crippen MR) is 87.7 cm³/mol. The summed E-state index contributed by atoms with van der Waals surface area (Å²) in [5, 5.41) is 7.05. The second-order valence-electron chi connectivity index (χ2n) is 6.38. The van der Waals surface area contributed by atoms with E-state index in [-0.39, 0.29) is 11.9 Å². The van der Waals surface area contributed by atoms with E-state index < -0.39 is 0 Å². The molecule has 1 fully saturated rings. The Bertz CT molecular complexity index is 466. The van der Waals surface area contributed by atoms with Gasteiger partial charge in [-0.25, -0.2) is 0 Å². The van der Waals surface area contributed by atoms with Crippen LogP contribution < -0.4 is 10.6 Å². The third-order valence-corrected chi connectivity index (χ3v) is 4.44. The molecule has 0 spiro atoms. The molecule has 1 saturated carbocycles. The minimum Gasteiger partial charge on any atom is -0.358 e.